The van der Waals surface area contributed by atoms with Crippen LogP contribution in [-0.2, 0) is 6.42 Å². The minimum Gasteiger partial charge on any atom is -0.493 e. The molecule has 0 spiro atoms. The first-order chi connectivity index (χ1) is 15.0. The van der Waals surface area contributed by atoms with E-state index in [1.807, 2.05) is 13.0 Å². The van der Waals surface area contributed by atoms with Gasteiger partial charge in [-0.1, -0.05) is 18.1 Å². The SMILES string of the molecule is CCc1ccc2oc(C(=O)Nc3cc(-c4ccc(OC)c(OC)c4)no3)cc(=O)c2c1. The lowest BCUT2D eigenvalue weighted by molar-refractivity contribution is 0.0994. The largest absolute Gasteiger partial charge is 0.493 e. The summed E-state index contributed by atoms with van der Waals surface area (Å²) >= 11 is 0. The minimum absolute atomic E-state index is 0.110. The first-order valence-electron chi connectivity index (χ1n) is 9.59. The highest BCUT2D eigenvalue weighted by atomic mass is 16.5. The van der Waals surface area contributed by atoms with Crippen LogP contribution in [-0.4, -0.2) is 25.3 Å². The van der Waals surface area contributed by atoms with Gasteiger partial charge in [0, 0.05) is 17.7 Å². The Morgan fingerprint density at radius 2 is 1.84 bits per heavy atom. The monoisotopic (exact) mass is 420 g/mol. The number of aryl methyl sites for hydroxylation is 1. The van der Waals surface area contributed by atoms with Crippen molar-refractivity contribution in [2.45, 2.75) is 13.3 Å². The molecule has 0 saturated heterocycles. The zero-order valence-electron chi connectivity index (χ0n) is 17.2. The minimum atomic E-state index is -0.617. The quantitative estimate of drug-likeness (QED) is 0.496. The number of ether oxygens (including phenoxy) is 2. The smallest absolute Gasteiger partial charge is 0.293 e. The molecule has 0 saturated carbocycles. The fourth-order valence-electron chi connectivity index (χ4n) is 3.17. The molecule has 2 aromatic heterocycles. The molecule has 0 aliphatic heterocycles. The number of aromatic nitrogens is 1. The van der Waals surface area contributed by atoms with E-state index in [0.29, 0.717) is 33.7 Å². The normalized spacial score (nSPS) is 10.8. The number of rotatable bonds is 6. The van der Waals surface area contributed by atoms with Crippen LogP contribution < -0.4 is 20.2 Å². The van der Waals surface area contributed by atoms with Crippen LogP contribution in [0.3, 0.4) is 0 Å². The first kappa shape index (κ1) is 20.2. The van der Waals surface area contributed by atoms with E-state index in [2.05, 4.69) is 10.5 Å². The van der Waals surface area contributed by atoms with Crippen molar-refractivity contribution in [3.63, 3.8) is 0 Å². The van der Waals surface area contributed by atoms with Crippen LogP contribution in [0.25, 0.3) is 22.2 Å². The van der Waals surface area contributed by atoms with Crippen LogP contribution >= 0.6 is 0 Å². The van der Waals surface area contributed by atoms with Gasteiger partial charge in [0.05, 0.1) is 19.6 Å². The molecule has 0 unspecified atom stereocenters. The fraction of sp³-hybridized carbons (Fsp3) is 0.174. The van der Waals surface area contributed by atoms with E-state index in [-0.39, 0.29) is 17.1 Å². The molecule has 0 aliphatic rings. The average molecular weight is 420 g/mol. The van der Waals surface area contributed by atoms with Crippen molar-refractivity contribution in [3.05, 3.63) is 70.1 Å². The van der Waals surface area contributed by atoms with Gasteiger partial charge in [0.2, 0.25) is 5.88 Å². The topological polar surface area (TPSA) is 104 Å². The molecular weight excluding hydrogens is 400 g/mol. The Bertz CT molecular complexity index is 1320. The van der Waals surface area contributed by atoms with Crippen molar-refractivity contribution in [2.75, 3.05) is 19.5 Å². The second-order valence-electron chi connectivity index (χ2n) is 6.76. The van der Waals surface area contributed by atoms with Crippen molar-refractivity contribution in [1.82, 2.24) is 5.16 Å². The summed E-state index contributed by atoms with van der Waals surface area (Å²) in [5.41, 5.74) is 2.28. The average Bonchev–Trinajstić information content (AvgIpc) is 3.26. The van der Waals surface area contributed by atoms with Gasteiger partial charge in [0.25, 0.3) is 5.91 Å². The molecule has 0 bridgehead atoms. The number of hydrogen-bond acceptors (Lipinski definition) is 7. The molecule has 4 aromatic rings. The second-order valence-corrected chi connectivity index (χ2v) is 6.76. The Morgan fingerprint density at radius 1 is 1.03 bits per heavy atom. The molecule has 0 fully saturated rings. The van der Waals surface area contributed by atoms with Crippen molar-refractivity contribution in [1.29, 1.82) is 0 Å². The van der Waals surface area contributed by atoms with E-state index < -0.39 is 5.91 Å². The Balaban J connectivity index is 1.57. The van der Waals surface area contributed by atoms with Crippen LogP contribution in [0.1, 0.15) is 23.0 Å². The standard InChI is InChI=1S/C23H20N2O6/c1-4-13-5-7-18-15(9-13)17(26)12-21(30-18)23(27)24-22-11-16(25-31-22)14-6-8-19(28-2)20(10-14)29-3/h5-12H,4H2,1-3H3,(H,24,27). The van der Waals surface area contributed by atoms with Gasteiger partial charge in [-0.15, -0.1) is 0 Å². The third-order valence-electron chi connectivity index (χ3n) is 4.85. The Morgan fingerprint density at radius 3 is 2.58 bits per heavy atom. The van der Waals surface area contributed by atoms with Crippen molar-refractivity contribution in [3.8, 4) is 22.8 Å². The number of hydrogen-bond donors (Lipinski definition) is 1. The molecule has 2 aromatic carbocycles. The van der Waals surface area contributed by atoms with Gasteiger partial charge in [-0.05, 0) is 42.3 Å². The predicted octanol–water partition coefficient (Wildman–Crippen LogP) is 4.28. The zero-order valence-corrected chi connectivity index (χ0v) is 17.2. The molecule has 8 heteroatoms. The van der Waals surface area contributed by atoms with Crippen LogP contribution in [0.2, 0.25) is 0 Å². The molecule has 0 aliphatic carbocycles. The highest BCUT2D eigenvalue weighted by molar-refractivity contribution is 6.02. The van der Waals surface area contributed by atoms with Crippen molar-refractivity contribution in [2.24, 2.45) is 0 Å². The lowest BCUT2D eigenvalue weighted by atomic mass is 10.1. The lowest BCUT2D eigenvalue weighted by Crippen LogP contribution is -2.14. The lowest BCUT2D eigenvalue weighted by Gasteiger charge is -2.07. The Kier molecular flexibility index (Phi) is 5.44. The van der Waals surface area contributed by atoms with Crippen LogP contribution in [0.5, 0.6) is 11.5 Å². The van der Waals surface area contributed by atoms with E-state index in [4.69, 9.17) is 18.4 Å². The maximum atomic E-state index is 12.6. The van der Waals surface area contributed by atoms with Crippen LogP contribution in [0.15, 0.2) is 62.3 Å². The van der Waals surface area contributed by atoms with Gasteiger partial charge in [0.1, 0.15) is 11.3 Å². The number of amides is 1. The maximum absolute atomic E-state index is 12.6. The third kappa shape index (κ3) is 4.00. The molecular formula is C23H20N2O6. The molecule has 2 heterocycles. The van der Waals surface area contributed by atoms with Crippen molar-refractivity contribution >= 4 is 22.8 Å². The third-order valence-corrected chi connectivity index (χ3v) is 4.85. The second kappa shape index (κ2) is 8.35. The number of anilines is 1. The van der Waals surface area contributed by atoms with Gasteiger partial charge in [-0.3, -0.25) is 14.9 Å². The number of methoxy groups -OCH3 is 2. The molecule has 158 valence electrons. The van der Waals surface area contributed by atoms with Crippen LogP contribution in [0, 0.1) is 0 Å². The zero-order chi connectivity index (χ0) is 22.0. The number of benzene rings is 2. The van der Waals surface area contributed by atoms with Gasteiger partial charge in [-0.25, -0.2) is 0 Å². The Hall–Kier alpha value is -4.07. The summed E-state index contributed by atoms with van der Waals surface area (Å²) in [6, 6.07) is 13.3. The summed E-state index contributed by atoms with van der Waals surface area (Å²) in [5, 5.41) is 6.97. The highest BCUT2D eigenvalue weighted by Gasteiger charge is 2.16. The summed E-state index contributed by atoms with van der Waals surface area (Å²) in [7, 11) is 3.09. The van der Waals surface area contributed by atoms with E-state index in [9.17, 15) is 9.59 Å². The number of carbonyl (C=O) groups excluding carboxylic acids is 1. The van der Waals surface area contributed by atoms with Crippen LogP contribution in [0.4, 0.5) is 5.88 Å². The van der Waals surface area contributed by atoms with E-state index in [0.717, 1.165) is 12.0 Å². The van der Waals surface area contributed by atoms with Gasteiger partial charge >= 0.3 is 0 Å². The molecule has 1 amide bonds. The van der Waals surface area contributed by atoms with Gasteiger partial charge in [-0.2, -0.15) is 0 Å². The molecule has 0 radical (unpaired) electrons. The molecule has 1 N–H and O–H groups in total. The van der Waals surface area contributed by atoms with Gasteiger partial charge < -0.3 is 18.4 Å². The molecule has 0 atom stereocenters. The fourth-order valence-corrected chi connectivity index (χ4v) is 3.17. The number of fused-ring (bicyclic) bond motifs is 1. The van der Waals surface area contributed by atoms with Gasteiger partial charge in [0.15, 0.2) is 22.7 Å². The number of nitrogens with one attached hydrogen (secondary N) is 1. The van der Waals surface area contributed by atoms with E-state index in [1.165, 1.54) is 13.2 Å². The predicted molar refractivity (Wildman–Crippen MR) is 115 cm³/mol. The summed E-state index contributed by atoms with van der Waals surface area (Å²) < 4.78 is 21.4. The Labute approximate surface area is 177 Å². The molecule has 8 nitrogen and oxygen atoms in total. The number of carbonyl (C=O) groups is 1. The summed E-state index contributed by atoms with van der Waals surface area (Å²) in [4.78, 5) is 25.0. The van der Waals surface area contributed by atoms with E-state index in [1.54, 1.807) is 43.5 Å². The maximum Gasteiger partial charge on any atom is 0.293 e. The summed E-state index contributed by atoms with van der Waals surface area (Å²) in [6.45, 7) is 2.00. The first-order valence-corrected chi connectivity index (χ1v) is 9.59. The summed E-state index contributed by atoms with van der Waals surface area (Å²) in [5.74, 6) is 0.497. The highest BCUT2D eigenvalue weighted by Crippen LogP contribution is 2.32. The summed E-state index contributed by atoms with van der Waals surface area (Å²) in [6.07, 6.45) is 0.797. The van der Waals surface area contributed by atoms with E-state index >= 15 is 0 Å². The van der Waals surface area contributed by atoms with Crippen molar-refractivity contribution < 1.29 is 23.2 Å². The molecule has 4 rings (SSSR count). The molecule has 31 heavy (non-hydrogen) atoms. The number of nitrogens with zero attached hydrogens (tertiary/aromatic N) is 1.